The molecule has 1 aliphatic carbocycles. The SMILES string of the molecule is CCNC(=NCC1(C(=O)N(C)C)CCCC1)NCCOc1ccc2c(c1)OCO2.I. The van der Waals surface area contributed by atoms with Crippen molar-refractivity contribution in [2.75, 3.05) is 47.1 Å². The van der Waals surface area contributed by atoms with Crippen molar-refractivity contribution >= 4 is 35.8 Å². The topological polar surface area (TPSA) is 84.4 Å². The molecule has 9 heteroatoms. The first-order valence-electron chi connectivity index (χ1n) is 10.3. The molecule has 1 saturated carbocycles. The van der Waals surface area contributed by atoms with Crippen molar-refractivity contribution in [2.45, 2.75) is 32.6 Å². The largest absolute Gasteiger partial charge is 0.492 e. The molecule has 1 aromatic rings. The molecule has 1 fully saturated rings. The van der Waals surface area contributed by atoms with Crippen LogP contribution in [0.1, 0.15) is 32.6 Å². The van der Waals surface area contributed by atoms with Crippen LogP contribution >= 0.6 is 24.0 Å². The van der Waals surface area contributed by atoms with Crippen molar-refractivity contribution in [1.29, 1.82) is 0 Å². The third-order valence-electron chi connectivity index (χ3n) is 5.31. The summed E-state index contributed by atoms with van der Waals surface area (Å²) in [5.74, 6) is 3.07. The molecule has 1 amide bonds. The normalized spacial score (nSPS) is 16.6. The number of rotatable bonds is 8. The van der Waals surface area contributed by atoms with E-state index in [1.165, 1.54) is 0 Å². The van der Waals surface area contributed by atoms with E-state index in [4.69, 9.17) is 19.2 Å². The predicted molar refractivity (Wildman–Crippen MR) is 127 cm³/mol. The van der Waals surface area contributed by atoms with Gasteiger partial charge >= 0.3 is 0 Å². The van der Waals surface area contributed by atoms with Crippen molar-refractivity contribution in [3.05, 3.63) is 18.2 Å². The van der Waals surface area contributed by atoms with Crippen LogP contribution in [0.15, 0.2) is 23.2 Å². The summed E-state index contributed by atoms with van der Waals surface area (Å²) in [6.45, 7) is 4.60. The van der Waals surface area contributed by atoms with E-state index >= 15 is 0 Å². The Kier molecular flexibility index (Phi) is 9.32. The molecule has 168 valence electrons. The van der Waals surface area contributed by atoms with Crippen LogP contribution < -0.4 is 24.8 Å². The fourth-order valence-corrected chi connectivity index (χ4v) is 3.84. The van der Waals surface area contributed by atoms with Gasteiger partial charge < -0.3 is 29.7 Å². The quantitative estimate of drug-likeness (QED) is 0.232. The van der Waals surface area contributed by atoms with E-state index in [-0.39, 0.29) is 42.1 Å². The lowest BCUT2D eigenvalue weighted by Gasteiger charge is -2.29. The van der Waals surface area contributed by atoms with Crippen molar-refractivity contribution in [2.24, 2.45) is 10.4 Å². The zero-order valence-electron chi connectivity index (χ0n) is 18.0. The van der Waals surface area contributed by atoms with Gasteiger partial charge in [-0.3, -0.25) is 9.79 Å². The number of halogens is 1. The Morgan fingerprint density at radius 3 is 2.63 bits per heavy atom. The molecule has 2 aliphatic rings. The Morgan fingerprint density at radius 2 is 1.93 bits per heavy atom. The summed E-state index contributed by atoms with van der Waals surface area (Å²) in [5, 5.41) is 6.53. The number of hydrogen-bond acceptors (Lipinski definition) is 5. The van der Waals surface area contributed by atoms with Gasteiger partial charge in [-0.05, 0) is 31.9 Å². The minimum absolute atomic E-state index is 0. The lowest BCUT2D eigenvalue weighted by Crippen LogP contribution is -2.43. The van der Waals surface area contributed by atoms with Gasteiger partial charge in [-0.25, -0.2) is 0 Å². The Morgan fingerprint density at radius 1 is 1.20 bits per heavy atom. The average molecular weight is 532 g/mol. The third-order valence-corrected chi connectivity index (χ3v) is 5.31. The molecule has 3 rings (SSSR count). The summed E-state index contributed by atoms with van der Waals surface area (Å²) in [7, 11) is 3.64. The molecule has 2 N–H and O–H groups in total. The van der Waals surface area contributed by atoms with E-state index in [2.05, 4.69) is 10.6 Å². The van der Waals surface area contributed by atoms with Crippen LogP contribution in [0, 0.1) is 5.41 Å². The fourth-order valence-electron chi connectivity index (χ4n) is 3.84. The van der Waals surface area contributed by atoms with E-state index in [0.29, 0.717) is 31.4 Å². The Labute approximate surface area is 195 Å². The predicted octanol–water partition coefficient (Wildman–Crippen LogP) is 2.62. The first kappa shape index (κ1) is 24.4. The molecule has 0 atom stereocenters. The zero-order chi connectivity index (χ0) is 20.7. The second kappa shape index (κ2) is 11.5. The molecule has 0 saturated heterocycles. The number of amides is 1. The van der Waals surface area contributed by atoms with Crippen molar-refractivity contribution in [3.63, 3.8) is 0 Å². The maximum absolute atomic E-state index is 12.7. The van der Waals surface area contributed by atoms with Crippen LogP contribution in [0.2, 0.25) is 0 Å². The van der Waals surface area contributed by atoms with Gasteiger partial charge in [0.2, 0.25) is 12.7 Å². The molecule has 0 radical (unpaired) electrons. The highest BCUT2D eigenvalue weighted by Crippen LogP contribution is 2.39. The van der Waals surface area contributed by atoms with Gasteiger partial charge in [0.1, 0.15) is 12.4 Å². The highest BCUT2D eigenvalue weighted by molar-refractivity contribution is 14.0. The van der Waals surface area contributed by atoms with Gasteiger partial charge in [0.05, 0.1) is 18.5 Å². The first-order valence-corrected chi connectivity index (χ1v) is 10.3. The molecule has 0 spiro atoms. The van der Waals surface area contributed by atoms with Crippen LogP contribution in [-0.4, -0.2) is 63.9 Å². The number of nitrogens with one attached hydrogen (secondary N) is 2. The van der Waals surface area contributed by atoms with Crippen LogP contribution in [0.4, 0.5) is 0 Å². The standard InChI is InChI=1S/C21H32N4O4.HI/c1-4-22-20(24-14-21(9-5-6-10-21)19(26)25(2)3)23-11-12-27-16-7-8-17-18(13-16)29-15-28-17;/h7-8,13H,4-6,9-12,14-15H2,1-3H3,(H2,22,23,24);1H. The van der Waals surface area contributed by atoms with Crippen molar-refractivity contribution in [3.8, 4) is 17.2 Å². The minimum Gasteiger partial charge on any atom is -0.492 e. The number of aliphatic imine (C=N–C) groups is 1. The molecular formula is C21H33IN4O4. The van der Waals surface area contributed by atoms with Gasteiger partial charge in [0.25, 0.3) is 0 Å². The van der Waals surface area contributed by atoms with Gasteiger partial charge in [-0.1, -0.05) is 12.8 Å². The number of benzene rings is 1. The smallest absolute Gasteiger partial charge is 0.231 e. The summed E-state index contributed by atoms with van der Waals surface area (Å²) in [6, 6.07) is 5.54. The van der Waals surface area contributed by atoms with Gasteiger partial charge in [-0.15, -0.1) is 24.0 Å². The molecule has 1 aliphatic heterocycles. The lowest BCUT2D eigenvalue weighted by atomic mass is 9.85. The Hall–Kier alpha value is -1.91. The number of ether oxygens (including phenoxy) is 3. The molecule has 30 heavy (non-hydrogen) atoms. The van der Waals surface area contributed by atoms with Crippen LogP contribution in [0.5, 0.6) is 17.2 Å². The molecular weight excluding hydrogens is 499 g/mol. The Bertz CT molecular complexity index is 736. The molecule has 8 nitrogen and oxygen atoms in total. The minimum atomic E-state index is -0.366. The maximum Gasteiger partial charge on any atom is 0.231 e. The van der Waals surface area contributed by atoms with Crippen molar-refractivity contribution < 1.29 is 19.0 Å². The second-order valence-electron chi connectivity index (χ2n) is 7.67. The Balaban J connectivity index is 0.00000320. The second-order valence-corrected chi connectivity index (χ2v) is 7.67. The van der Waals surface area contributed by atoms with E-state index < -0.39 is 0 Å². The zero-order valence-corrected chi connectivity index (χ0v) is 20.4. The summed E-state index contributed by atoms with van der Waals surface area (Å²) in [6.07, 6.45) is 3.98. The van der Waals surface area contributed by atoms with Gasteiger partial charge in [0, 0.05) is 26.7 Å². The van der Waals surface area contributed by atoms with Gasteiger partial charge in [0.15, 0.2) is 17.5 Å². The van der Waals surface area contributed by atoms with E-state index in [1.807, 2.05) is 39.2 Å². The van der Waals surface area contributed by atoms with Crippen LogP contribution in [0.3, 0.4) is 0 Å². The summed E-state index contributed by atoms with van der Waals surface area (Å²) < 4.78 is 16.5. The number of carbonyl (C=O) groups excluding carboxylic acids is 1. The number of carbonyl (C=O) groups is 1. The molecule has 1 heterocycles. The summed E-state index contributed by atoms with van der Waals surface area (Å²) >= 11 is 0. The summed E-state index contributed by atoms with van der Waals surface area (Å²) in [4.78, 5) is 19.1. The number of hydrogen-bond donors (Lipinski definition) is 2. The third kappa shape index (κ3) is 6.05. The van der Waals surface area contributed by atoms with E-state index in [0.717, 1.165) is 43.7 Å². The fraction of sp³-hybridized carbons (Fsp3) is 0.619. The lowest BCUT2D eigenvalue weighted by molar-refractivity contribution is -0.138. The summed E-state index contributed by atoms with van der Waals surface area (Å²) in [5.41, 5.74) is -0.366. The molecule has 0 bridgehead atoms. The number of guanidine groups is 1. The van der Waals surface area contributed by atoms with Crippen LogP contribution in [0.25, 0.3) is 0 Å². The average Bonchev–Trinajstić information content (AvgIpc) is 3.38. The molecule has 0 unspecified atom stereocenters. The highest BCUT2D eigenvalue weighted by atomic mass is 127. The monoisotopic (exact) mass is 532 g/mol. The van der Waals surface area contributed by atoms with E-state index in [9.17, 15) is 4.79 Å². The molecule has 1 aromatic carbocycles. The highest BCUT2D eigenvalue weighted by Gasteiger charge is 2.42. The van der Waals surface area contributed by atoms with Gasteiger partial charge in [-0.2, -0.15) is 0 Å². The number of fused-ring (bicyclic) bond motifs is 1. The molecule has 0 aromatic heterocycles. The maximum atomic E-state index is 12.7. The van der Waals surface area contributed by atoms with Crippen LogP contribution in [-0.2, 0) is 4.79 Å². The number of nitrogens with zero attached hydrogens (tertiary/aromatic N) is 2. The first-order chi connectivity index (χ1) is 14.0. The van der Waals surface area contributed by atoms with E-state index in [1.54, 1.807) is 4.90 Å². The van der Waals surface area contributed by atoms with Crippen molar-refractivity contribution in [1.82, 2.24) is 15.5 Å².